The number of hydrogen-bond donors (Lipinski definition) is 1. The molecule has 0 bridgehead atoms. The smallest absolute Gasteiger partial charge is 0.305 e. The molecule has 2 fully saturated rings. The molecule has 1 heterocycles. The lowest BCUT2D eigenvalue weighted by atomic mass is 9.86. The molecule has 1 aliphatic carbocycles. The quantitative estimate of drug-likeness (QED) is 0.785. The van der Waals surface area contributed by atoms with Gasteiger partial charge in [-0.05, 0) is 25.2 Å². The fourth-order valence-corrected chi connectivity index (χ4v) is 3.91. The van der Waals surface area contributed by atoms with E-state index in [0.717, 1.165) is 18.8 Å². The van der Waals surface area contributed by atoms with E-state index in [1.165, 1.54) is 32.1 Å². The summed E-state index contributed by atoms with van der Waals surface area (Å²) in [5.74, 6) is 0.0463. The maximum absolute atomic E-state index is 12.4. The zero-order valence-electron chi connectivity index (χ0n) is 13.6. The van der Waals surface area contributed by atoms with Crippen molar-refractivity contribution in [3.05, 3.63) is 0 Å². The number of carboxylic acid groups (broad SMARTS) is 1. The van der Waals surface area contributed by atoms with Crippen LogP contribution >= 0.6 is 0 Å². The predicted octanol–water partition coefficient (Wildman–Crippen LogP) is 2.83. The van der Waals surface area contributed by atoms with Crippen molar-refractivity contribution in [1.82, 2.24) is 4.90 Å². The van der Waals surface area contributed by atoms with E-state index in [4.69, 9.17) is 9.84 Å². The number of aliphatic carboxylic acids is 1. The van der Waals surface area contributed by atoms with E-state index in [-0.39, 0.29) is 24.5 Å². The van der Waals surface area contributed by atoms with Gasteiger partial charge in [-0.2, -0.15) is 0 Å². The number of nitrogens with zero attached hydrogens (tertiary/aromatic N) is 1. The number of carbonyl (C=O) groups is 2. The first-order chi connectivity index (χ1) is 10.6. The van der Waals surface area contributed by atoms with Crippen molar-refractivity contribution < 1.29 is 19.4 Å². The van der Waals surface area contributed by atoms with Crippen molar-refractivity contribution in [2.45, 2.75) is 76.4 Å². The van der Waals surface area contributed by atoms with Crippen LogP contribution in [0.3, 0.4) is 0 Å². The Morgan fingerprint density at radius 3 is 2.59 bits per heavy atom. The van der Waals surface area contributed by atoms with Crippen LogP contribution in [0.15, 0.2) is 0 Å². The maximum Gasteiger partial charge on any atom is 0.305 e. The summed E-state index contributed by atoms with van der Waals surface area (Å²) in [5, 5.41) is 9.00. The van der Waals surface area contributed by atoms with E-state index in [2.05, 4.69) is 0 Å². The van der Waals surface area contributed by atoms with Crippen LogP contribution < -0.4 is 0 Å². The molecule has 1 amide bonds. The van der Waals surface area contributed by atoms with Gasteiger partial charge in [0.1, 0.15) is 0 Å². The molecule has 2 unspecified atom stereocenters. The summed E-state index contributed by atoms with van der Waals surface area (Å²) < 4.78 is 5.32. The molecule has 0 radical (unpaired) electrons. The van der Waals surface area contributed by atoms with Gasteiger partial charge in [-0.25, -0.2) is 0 Å². The summed E-state index contributed by atoms with van der Waals surface area (Å²) in [5.41, 5.74) is 0. The third-order valence-corrected chi connectivity index (χ3v) is 5.17. The highest BCUT2D eigenvalue weighted by Gasteiger charge is 2.36. The van der Waals surface area contributed by atoms with Crippen LogP contribution in [0.4, 0.5) is 0 Å². The van der Waals surface area contributed by atoms with E-state index >= 15 is 0 Å². The molecular weight excluding hydrogens is 282 g/mol. The van der Waals surface area contributed by atoms with Crippen molar-refractivity contribution in [3.63, 3.8) is 0 Å². The first-order valence-corrected chi connectivity index (χ1v) is 8.64. The molecular formula is C17H29NO4. The van der Waals surface area contributed by atoms with Crippen LogP contribution in [0.1, 0.15) is 64.2 Å². The molecule has 1 saturated heterocycles. The van der Waals surface area contributed by atoms with Crippen LogP contribution in [0, 0.1) is 5.92 Å². The molecule has 0 aromatic heterocycles. The van der Waals surface area contributed by atoms with E-state index in [0.29, 0.717) is 19.4 Å². The van der Waals surface area contributed by atoms with Crippen molar-refractivity contribution in [2.75, 3.05) is 13.7 Å². The van der Waals surface area contributed by atoms with Gasteiger partial charge in [0.25, 0.3) is 0 Å². The Morgan fingerprint density at radius 1 is 1.23 bits per heavy atom. The minimum absolute atomic E-state index is 0.0216. The molecule has 2 rings (SSSR count). The Labute approximate surface area is 133 Å². The molecule has 5 nitrogen and oxygen atoms in total. The Hall–Kier alpha value is -1.10. The highest BCUT2D eigenvalue weighted by molar-refractivity contribution is 5.78. The molecule has 1 saturated carbocycles. The first-order valence-electron chi connectivity index (χ1n) is 8.64. The first kappa shape index (κ1) is 17.3. The van der Waals surface area contributed by atoms with Gasteiger partial charge in [0.2, 0.25) is 5.91 Å². The summed E-state index contributed by atoms with van der Waals surface area (Å²) in [6.07, 6.45) is 9.89. The largest absolute Gasteiger partial charge is 0.481 e. The fourth-order valence-electron chi connectivity index (χ4n) is 3.91. The summed E-state index contributed by atoms with van der Waals surface area (Å²) in [6, 6.07) is -0.204. The van der Waals surface area contributed by atoms with Crippen LogP contribution in [0.2, 0.25) is 0 Å². The Kier molecular flexibility index (Phi) is 6.68. The Balaban J connectivity index is 1.77. The summed E-state index contributed by atoms with van der Waals surface area (Å²) in [6.45, 7) is 0.538. The standard InChI is InChI=1S/C17H29NO4/c1-22-15-10-14(11-17(20)21)18(12-15)16(19)9-5-8-13-6-3-2-4-7-13/h13-15H,2-12H2,1H3,(H,20,21). The van der Waals surface area contributed by atoms with Gasteiger partial charge in [0.05, 0.1) is 12.5 Å². The normalized spacial score (nSPS) is 26.3. The Bertz CT molecular complexity index is 379. The lowest BCUT2D eigenvalue weighted by molar-refractivity contribution is -0.139. The van der Waals surface area contributed by atoms with Crippen molar-refractivity contribution in [3.8, 4) is 0 Å². The molecule has 0 aromatic rings. The number of carboxylic acids is 1. The number of methoxy groups -OCH3 is 1. The predicted molar refractivity (Wildman–Crippen MR) is 83.6 cm³/mol. The van der Waals surface area contributed by atoms with Crippen LogP contribution in [-0.2, 0) is 14.3 Å². The average Bonchev–Trinajstić information content (AvgIpc) is 2.90. The second-order valence-electron chi connectivity index (χ2n) is 6.79. The molecule has 5 heteroatoms. The number of carbonyl (C=O) groups excluding carboxylic acids is 1. The average molecular weight is 311 g/mol. The molecule has 0 aromatic carbocycles. The summed E-state index contributed by atoms with van der Waals surface area (Å²) in [4.78, 5) is 25.1. The molecule has 0 spiro atoms. The van der Waals surface area contributed by atoms with Gasteiger partial charge in [-0.3, -0.25) is 9.59 Å². The molecule has 126 valence electrons. The summed E-state index contributed by atoms with van der Waals surface area (Å²) >= 11 is 0. The number of likely N-dealkylation sites (tertiary alicyclic amines) is 1. The highest BCUT2D eigenvalue weighted by Crippen LogP contribution is 2.29. The fraction of sp³-hybridized carbons (Fsp3) is 0.882. The minimum atomic E-state index is -0.846. The van der Waals surface area contributed by atoms with Gasteiger partial charge >= 0.3 is 5.97 Å². The van der Waals surface area contributed by atoms with Gasteiger partial charge in [0.15, 0.2) is 0 Å². The highest BCUT2D eigenvalue weighted by atomic mass is 16.5. The van der Waals surface area contributed by atoms with E-state index < -0.39 is 5.97 Å². The third kappa shape index (κ3) is 4.97. The maximum atomic E-state index is 12.4. The summed E-state index contributed by atoms with van der Waals surface area (Å²) in [7, 11) is 1.62. The zero-order valence-corrected chi connectivity index (χ0v) is 13.6. The lowest BCUT2D eigenvalue weighted by Gasteiger charge is -2.24. The Morgan fingerprint density at radius 2 is 1.95 bits per heavy atom. The van der Waals surface area contributed by atoms with Crippen LogP contribution in [0.25, 0.3) is 0 Å². The van der Waals surface area contributed by atoms with Crippen LogP contribution in [0.5, 0.6) is 0 Å². The van der Waals surface area contributed by atoms with E-state index in [1.54, 1.807) is 12.0 Å². The van der Waals surface area contributed by atoms with Crippen molar-refractivity contribution >= 4 is 11.9 Å². The SMILES string of the molecule is COC1CC(CC(=O)O)N(C(=O)CCCC2CCCCC2)C1. The van der Waals surface area contributed by atoms with Crippen molar-refractivity contribution in [1.29, 1.82) is 0 Å². The van der Waals surface area contributed by atoms with Gasteiger partial charge in [0, 0.05) is 26.1 Å². The zero-order chi connectivity index (χ0) is 15.9. The molecule has 1 aliphatic heterocycles. The monoisotopic (exact) mass is 311 g/mol. The van der Waals surface area contributed by atoms with Crippen LogP contribution in [-0.4, -0.2) is 47.7 Å². The minimum Gasteiger partial charge on any atom is -0.481 e. The number of amides is 1. The number of hydrogen-bond acceptors (Lipinski definition) is 3. The number of ether oxygens (including phenoxy) is 1. The van der Waals surface area contributed by atoms with E-state index in [9.17, 15) is 9.59 Å². The topological polar surface area (TPSA) is 66.8 Å². The lowest BCUT2D eigenvalue weighted by Crippen LogP contribution is -2.37. The number of rotatable bonds is 7. The molecule has 1 N–H and O–H groups in total. The molecule has 22 heavy (non-hydrogen) atoms. The molecule has 2 atom stereocenters. The van der Waals surface area contributed by atoms with Gasteiger partial charge in [-0.1, -0.05) is 32.1 Å². The second-order valence-corrected chi connectivity index (χ2v) is 6.79. The van der Waals surface area contributed by atoms with E-state index in [1.807, 2.05) is 0 Å². The van der Waals surface area contributed by atoms with Gasteiger partial charge < -0.3 is 14.7 Å². The molecule has 2 aliphatic rings. The third-order valence-electron chi connectivity index (χ3n) is 5.17. The second kappa shape index (κ2) is 8.51. The van der Waals surface area contributed by atoms with Gasteiger partial charge in [-0.15, -0.1) is 0 Å². The van der Waals surface area contributed by atoms with Crippen molar-refractivity contribution in [2.24, 2.45) is 5.92 Å².